The van der Waals surface area contributed by atoms with E-state index >= 15 is 0 Å². The number of nitrogens with one attached hydrogen (secondary N) is 2. The van der Waals surface area contributed by atoms with Gasteiger partial charge in [-0.05, 0) is 46.5 Å². The molecule has 1 aromatic rings. The summed E-state index contributed by atoms with van der Waals surface area (Å²) in [7, 11) is 0. The lowest BCUT2D eigenvalue weighted by atomic mass is 9.84. The van der Waals surface area contributed by atoms with Crippen molar-refractivity contribution in [3.63, 3.8) is 0 Å². The normalized spacial score (nSPS) is 19.9. The summed E-state index contributed by atoms with van der Waals surface area (Å²) in [5, 5.41) is 5.78. The first-order chi connectivity index (χ1) is 13.0. The molecule has 1 aromatic heterocycles. The van der Waals surface area contributed by atoms with Crippen LogP contribution >= 0.6 is 0 Å². The van der Waals surface area contributed by atoms with Gasteiger partial charge in [-0.3, -0.25) is 9.78 Å². The Balaban J connectivity index is 1.90. The number of nitrogens with two attached hydrogens (primary N) is 1. The Morgan fingerprint density at radius 3 is 2.46 bits per heavy atom. The molecular formula is C20H33N5O3. The number of hydrogen-bond donors (Lipinski definition) is 3. The summed E-state index contributed by atoms with van der Waals surface area (Å²) >= 11 is 0. The molecule has 8 nitrogen and oxygen atoms in total. The summed E-state index contributed by atoms with van der Waals surface area (Å²) in [5.74, 6) is 0.475. The van der Waals surface area contributed by atoms with Crippen LogP contribution in [0.15, 0.2) is 6.20 Å². The third kappa shape index (κ3) is 6.65. The summed E-state index contributed by atoms with van der Waals surface area (Å²) in [6.45, 7) is 9.51. The maximum Gasteiger partial charge on any atom is 0.407 e. The second-order valence-electron chi connectivity index (χ2n) is 8.69. The number of anilines is 1. The van der Waals surface area contributed by atoms with Crippen molar-refractivity contribution in [2.75, 3.05) is 5.73 Å². The molecule has 0 unspecified atom stereocenters. The molecule has 0 aliphatic heterocycles. The molecule has 28 heavy (non-hydrogen) atoms. The minimum Gasteiger partial charge on any atom is -0.444 e. The summed E-state index contributed by atoms with van der Waals surface area (Å²) in [6.07, 6.45) is 4.86. The van der Waals surface area contributed by atoms with Crippen molar-refractivity contribution in [3.8, 4) is 0 Å². The molecule has 0 bridgehead atoms. The topological polar surface area (TPSA) is 119 Å². The molecular weight excluding hydrogens is 358 g/mol. The Labute approximate surface area is 167 Å². The van der Waals surface area contributed by atoms with E-state index in [1.165, 1.54) is 0 Å². The van der Waals surface area contributed by atoms with E-state index < -0.39 is 5.60 Å². The van der Waals surface area contributed by atoms with Crippen LogP contribution in [0.5, 0.6) is 0 Å². The number of nitrogens with zero attached hydrogens (tertiary/aromatic N) is 2. The molecule has 0 spiro atoms. The van der Waals surface area contributed by atoms with Crippen LogP contribution in [0.4, 0.5) is 10.6 Å². The largest absolute Gasteiger partial charge is 0.444 e. The van der Waals surface area contributed by atoms with Gasteiger partial charge in [0, 0.05) is 17.9 Å². The highest BCUT2D eigenvalue weighted by Gasteiger charge is 2.26. The fourth-order valence-electron chi connectivity index (χ4n) is 3.16. The van der Waals surface area contributed by atoms with Gasteiger partial charge in [-0.2, -0.15) is 0 Å². The number of alkyl carbamates (subject to hydrolysis) is 1. The van der Waals surface area contributed by atoms with Gasteiger partial charge in [-0.15, -0.1) is 0 Å². The number of amides is 2. The van der Waals surface area contributed by atoms with Crippen LogP contribution in [0, 0.1) is 5.92 Å². The Kier molecular flexibility index (Phi) is 7.21. The maximum absolute atomic E-state index is 11.9. The first-order valence-corrected chi connectivity index (χ1v) is 9.93. The minimum absolute atomic E-state index is 0.0414. The van der Waals surface area contributed by atoms with Crippen molar-refractivity contribution in [2.24, 2.45) is 5.92 Å². The Morgan fingerprint density at radius 2 is 1.89 bits per heavy atom. The molecule has 0 aromatic carbocycles. The average molecular weight is 392 g/mol. The van der Waals surface area contributed by atoms with Crippen molar-refractivity contribution in [3.05, 3.63) is 17.6 Å². The smallest absolute Gasteiger partial charge is 0.407 e. The molecule has 0 saturated heterocycles. The lowest BCUT2D eigenvalue weighted by Gasteiger charge is -2.30. The predicted octanol–water partition coefficient (Wildman–Crippen LogP) is 2.88. The van der Waals surface area contributed by atoms with E-state index in [0.29, 0.717) is 11.5 Å². The fraction of sp³-hybridized carbons (Fsp3) is 0.700. The number of ether oxygens (including phenoxy) is 1. The van der Waals surface area contributed by atoms with E-state index in [1.807, 2.05) is 34.6 Å². The molecule has 1 fully saturated rings. The number of carbonyl (C=O) groups is 2. The van der Waals surface area contributed by atoms with Crippen LogP contribution in [0.3, 0.4) is 0 Å². The lowest BCUT2D eigenvalue weighted by Crippen LogP contribution is -2.40. The number of rotatable bonds is 5. The number of nitrogen functional groups attached to an aromatic ring is 1. The van der Waals surface area contributed by atoms with Gasteiger partial charge in [0.1, 0.15) is 17.1 Å². The minimum atomic E-state index is -0.498. The number of hydrogen-bond acceptors (Lipinski definition) is 6. The third-order valence-electron chi connectivity index (χ3n) is 4.72. The van der Waals surface area contributed by atoms with E-state index in [1.54, 1.807) is 6.20 Å². The van der Waals surface area contributed by atoms with Gasteiger partial charge < -0.3 is 21.1 Å². The molecule has 156 valence electrons. The molecule has 1 heterocycles. The molecule has 0 atom stereocenters. The second kappa shape index (κ2) is 9.21. The van der Waals surface area contributed by atoms with Crippen LogP contribution in [-0.2, 0) is 16.1 Å². The summed E-state index contributed by atoms with van der Waals surface area (Å²) in [5.41, 5.74) is 6.91. The second-order valence-corrected chi connectivity index (χ2v) is 8.69. The van der Waals surface area contributed by atoms with E-state index in [2.05, 4.69) is 20.6 Å². The van der Waals surface area contributed by atoms with E-state index in [-0.39, 0.29) is 36.4 Å². The van der Waals surface area contributed by atoms with Crippen molar-refractivity contribution in [2.45, 2.75) is 84.4 Å². The molecule has 4 N–H and O–H groups in total. The van der Waals surface area contributed by atoms with Crippen LogP contribution in [0.1, 0.15) is 77.6 Å². The molecule has 8 heteroatoms. The zero-order valence-corrected chi connectivity index (χ0v) is 17.5. The third-order valence-corrected chi connectivity index (χ3v) is 4.72. The zero-order chi connectivity index (χ0) is 20.9. The quantitative estimate of drug-likeness (QED) is 0.710. The van der Waals surface area contributed by atoms with Gasteiger partial charge in [0.15, 0.2) is 0 Å². The van der Waals surface area contributed by atoms with Gasteiger partial charge >= 0.3 is 6.09 Å². The molecule has 1 aliphatic rings. The SMILES string of the molecule is CC(C)C(=O)NCc1nc(C2CCC(NC(=O)OC(C)(C)C)CC2)cnc1N. The van der Waals surface area contributed by atoms with Crippen LogP contribution < -0.4 is 16.4 Å². The number of aromatic nitrogens is 2. The highest BCUT2D eigenvalue weighted by atomic mass is 16.6. The lowest BCUT2D eigenvalue weighted by molar-refractivity contribution is -0.124. The van der Waals surface area contributed by atoms with E-state index in [0.717, 1.165) is 31.4 Å². The zero-order valence-electron chi connectivity index (χ0n) is 17.5. The average Bonchev–Trinajstić information content (AvgIpc) is 2.59. The van der Waals surface area contributed by atoms with E-state index in [4.69, 9.17) is 10.5 Å². The number of carbonyl (C=O) groups excluding carboxylic acids is 2. The first-order valence-electron chi connectivity index (χ1n) is 9.93. The molecule has 2 amide bonds. The van der Waals surface area contributed by atoms with Crippen molar-refractivity contribution >= 4 is 17.8 Å². The molecule has 0 radical (unpaired) electrons. The molecule has 2 rings (SSSR count). The van der Waals surface area contributed by atoms with Crippen LogP contribution in [-0.4, -0.2) is 33.6 Å². The monoisotopic (exact) mass is 391 g/mol. The predicted molar refractivity (Wildman–Crippen MR) is 107 cm³/mol. The Morgan fingerprint density at radius 1 is 1.25 bits per heavy atom. The van der Waals surface area contributed by atoms with E-state index in [9.17, 15) is 9.59 Å². The van der Waals surface area contributed by atoms with Crippen LogP contribution in [0.25, 0.3) is 0 Å². The molecule has 1 saturated carbocycles. The fourth-order valence-corrected chi connectivity index (χ4v) is 3.16. The summed E-state index contributed by atoms with van der Waals surface area (Å²) < 4.78 is 5.32. The van der Waals surface area contributed by atoms with Gasteiger partial charge in [-0.1, -0.05) is 13.8 Å². The van der Waals surface area contributed by atoms with Crippen molar-refractivity contribution < 1.29 is 14.3 Å². The van der Waals surface area contributed by atoms with Gasteiger partial charge in [0.25, 0.3) is 0 Å². The van der Waals surface area contributed by atoms with Gasteiger partial charge in [0.2, 0.25) is 5.91 Å². The first kappa shape index (κ1) is 21.9. The van der Waals surface area contributed by atoms with Crippen LogP contribution in [0.2, 0.25) is 0 Å². The van der Waals surface area contributed by atoms with Crippen molar-refractivity contribution in [1.29, 1.82) is 0 Å². The summed E-state index contributed by atoms with van der Waals surface area (Å²) in [6, 6.07) is 0.109. The van der Waals surface area contributed by atoms with Gasteiger partial charge in [0.05, 0.1) is 18.4 Å². The Bertz CT molecular complexity index is 692. The van der Waals surface area contributed by atoms with Gasteiger partial charge in [-0.25, -0.2) is 9.78 Å². The van der Waals surface area contributed by atoms with Crippen molar-refractivity contribution in [1.82, 2.24) is 20.6 Å². The highest BCUT2D eigenvalue weighted by Crippen LogP contribution is 2.32. The Hall–Kier alpha value is -2.38. The highest BCUT2D eigenvalue weighted by molar-refractivity contribution is 5.77. The molecule has 1 aliphatic carbocycles. The summed E-state index contributed by atoms with van der Waals surface area (Å²) in [4.78, 5) is 32.6. The maximum atomic E-state index is 11.9. The standard InChI is InChI=1S/C20H33N5O3/c1-12(2)18(26)23-11-16-17(21)22-10-15(25-16)13-6-8-14(9-7-13)24-19(27)28-20(3,4)5/h10,12-14H,6-9,11H2,1-5H3,(H2,21,22)(H,23,26)(H,24,27).